The van der Waals surface area contributed by atoms with Gasteiger partial charge in [-0.15, -0.1) is 0 Å². The topological polar surface area (TPSA) is 153 Å². The van der Waals surface area contributed by atoms with E-state index >= 15 is 0 Å². The van der Waals surface area contributed by atoms with E-state index in [9.17, 15) is 15.0 Å². The van der Waals surface area contributed by atoms with E-state index in [2.05, 4.69) is 9.97 Å². The number of nitrogens with zero attached hydrogens (tertiary/aromatic N) is 1. The summed E-state index contributed by atoms with van der Waals surface area (Å²) in [5, 5.41) is 37.5. The Morgan fingerprint density at radius 3 is 2.65 bits per heavy atom. The summed E-state index contributed by atoms with van der Waals surface area (Å²) in [6, 6.07) is 0. The highest BCUT2D eigenvalue weighted by molar-refractivity contribution is 5.79. The van der Waals surface area contributed by atoms with Crippen molar-refractivity contribution in [3.8, 4) is 0 Å². The number of rotatable bonds is 8. The number of aliphatic hydroxyl groups excluding tert-OH is 3. The fourth-order valence-corrected chi connectivity index (χ4v) is 1.80. The van der Waals surface area contributed by atoms with Crippen LogP contribution in [0, 0.1) is 0 Å². The van der Waals surface area contributed by atoms with Gasteiger partial charge in [0.15, 0.2) is 5.54 Å². The van der Waals surface area contributed by atoms with E-state index in [1.54, 1.807) is 6.20 Å². The minimum absolute atomic E-state index is 0.0960. The molecule has 0 saturated heterocycles. The summed E-state index contributed by atoms with van der Waals surface area (Å²) in [6.07, 6.45) is -0.280. The fraction of sp³-hybridized carbons (Fsp3) is 0.667. The first-order valence-electron chi connectivity index (χ1n) is 6.37. The average molecular weight is 287 g/mol. The second kappa shape index (κ2) is 6.80. The Bertz CT molecular complexity index is 450. The molecule has 1 aromatic rings. The van der Waals surface area contributed by atoms with E-state index in [1.165, 1.54) is 0 Å². The van der Waals surface area contributed by atoms with Crippen molar-refractivity contribution in [2.24, 2.45) is 5.73 Å². The lowest BCUT2D eigenvalue weighted by molar-refractivity contribution is -0.155. The molecule has 0 spiro atoms. The zero-order valence-corrected chi connectivity index (χ0v) is 11.3. The number of aliphatic hydroxyl groups is 3. The molecule has 0 fully saturated rings. The molecule has 3 atom stereocenters. The van der Waals surface area contributed by atoms with Gasteiger partial charge < -0.3 is 31.1 Å². The maximum Gasteiger partial charge on any atom is 0.328 e. The third kappa shape index (κ3) is 3.54. The Morgan fingerprint density at radius 2 is 2.20 bits per heavy atom. The second-order valence-corrected chi connectivity index (χ2v) is 4.76. The van der Waals surface area contributed by atoms with Crippen molar-refractivity contribution in [3.63, 3.8) is 0 Å². The Labute approximate surface area is 116 Å². The van der Waals surface area contributed by atoms with Gasteiger partial charge in [-0.25, -0.2) is 4.98 Å². The quantitative estimate of drug-likeness (QED) is 0.336. The van der Waals surface area contributed by atoms with Gasteiger partial charge in [0.25, 0.3) is 0 Å². The fourth-order valence-electron chi connectivity index (χ4n) is 1.80. The summed E-state index contributed by atoms with van der Waals surface area (Å²) in [5.41, 5.74) is 3.90. The van der Waals surface area contributed by atoms with Gasteiger partial charge in [-0.1, -0.05) is 6.92 Å². The summed E-state index contributed by atoms with van der Waals surface area (Å²) in [5.74, 6) is -0.759. The molecular formula is C12H21N3O5. The first-order chi connectivity index (χ1) is 9.35. The van der Waals surface area contributed by atoms with Crippen LogP contribution in [0.4, 0.5) is 0 Å². The molecule has 114 valence electrons. The number of nitrogens with one attached hydrogen (secondary N) is 1. The summed E-state index contributed by atoms with van der Waals surface area (Å²) in [6.45, 7) is 0.975. The van der Waals surface area contributed by atoms with Crippen LogP contribution in [0.5, 0.6) is 0 Å². The van der Waals surface area contributed by atoms with Crippen molar-refractivity contribution in [2.75, 3.05) is 6.61 Å². The van der Waals surface area contributed by atoms with E-state index in [4.69, 9.17) is 15.9 Å². The van der Waals surface area contributed by atoms with Gasteiger partial charge in [0.2, 0.25) is 0 Å². The van der Waals surface area contributed by atoms with Crippen LogP contribution in [-0.4, -0.2) is 60.7 Å². The predicted octanol–water partition coefficient (Wildman–Crippen LogP) is -1.60. The van der Waals surface area contributed by atoms with E-state index in [0.717, 1.165) is 17.9 Å². The highest BCUT2D eigenvalue weighted by Gasteiger charge is 2.44. The largest absolute Gasteiger partial charge is 0.480 e. The normalized spacial score (nSPS) is 17.4. The van der Waals surface area contributed by atoms with Gasteiger partial charge in [0, 0.05) is 18.3 Å². The number of carbonyl (C=O) groups is 1. The van der Waals surface area contributed by atoms with Crippen molar-refractivity contribution in [1.29, 1.82) is 0 Å². The van der Waals surface area contributed by atoms with Gasteiger partial charge in [-0.2, -0.15) is 0 Å². The van der Waals surface area contributed by atoms with Crippen LogP contribution in [0.15, 0.2) is 6.20 Å². The van der Waals surface area contributed by atoms with Crippen LogP contribution in [0.3, 0.4) is 0 Å². The molecule has 8 heteroatoms. The third-order valence-corrected chi connectivity index (χ3v) is 3.28. The molecule has 0 bridgehead atoms. The predicted molar refractivity (Wildman–Crippen MR) is 69.9 cm³/mol. The van der Waals surface area contributed by atoms with Crippen LogP contribution < -0.4 is 5.73 Å². The number of carboxylic acid groups (broad SMARTS) is 1. The Balaban J connectivity index is 2.61. The Hall–Kier alpha value is -1.48. The highest BCUT2D eigenvalue weighted by atomic mass is 16.4. The molecular weight excluding hydrogens is 266 g/mol. The number of hydrogen-bond acceptors (Lipinski definition) is 6. The van der Waals surface area contributed by atoms with E-state index in [0.29, 0.717) is 6.42 Å². The molecule has 1 heterocycles. The Kier molecular flexibility index (Phi) is 5.63. The summed E-state index contributed by atoms with van der Waals surface area (Å²) in [4.78, 5) is 18.1. The number of H-pyrrole nitrogens is 1. The number of aromatic amines is 1. The second-order valence-electron chi connectivity index (χ2n) is 4.76. The van der Waals surface area contributed by atoms with E-state index < -0.39 is 30.3 Å². The number of aliphatic carboxylic acids is 1. The van der Waals surface area contributed by atoms with Crippen LogP contribution in [-0.2, 0) is 17.6 Å². The molecule has 0 aliphatic heterocycles. The molecule has 0 amide bonds. The minimum atomic E-state index is -2.28. The Morgan fingerprint density at radius 1 is 1.55 bits per heavy atom. The molecule has 8 nitrogen and oxygen atoms in total. The molecule has 0 saturated carbocycles. The lowest BCUT2D eigenvalue weighted by Crippen LogP contribution is -2.63. The van der Waals surface area contributed by atoms with Gasteiger partial charge in [0.1, 0.15) is 11.9 Å². The monoisotopic (exact) mass is 287 g/mol. The maximum atomic E-state index is 10.9. The standard InChI is InChI=1S/C12H21N3O5/c1-2-9-14-5-7(15-9)3-4-8(17)10(18)12(13,6-16)11(19)20/h5,8,10,16-18H,2-4,6,13H2,1H3,(H,14,15)(H,19,20). The lowest BCUT2D eigenvalue weighted by atomic mass is 9.88. The lowest BCUT2D eigenvalue weighted by Gasteiger charge is -2.31. The van der Waals surface area contributed by atoms with E-state index in [-0.39, 0.29) is 6.42 Å². The molecule has 1 rings (SSSR count). The molecule has 0 aliphatic rings. The number of carboxylic acids is 1. The first kappa shape index (κ1) is 16.6. The molecule has 20 heavy (non-hydrogen) atoms. The third-order valence-electron chi connectivity index (χ3n) is 3.28. The van der Waals surface area contributed by atoms with Gasteiger partial charge in [-0.05, 0) is 12.8 Å². The van der Waals surface area contributed by atoms with Gasteiger partial charge in [0.05, 0.1) is 12.7 Å². The number of aryl methyl sites for hydroxylation is 2. The maximum absolute atomic E-state index is 10.9. The highest BCUT2D eigenvalue weighted by Crippen LogP contribution is 2.15. The van der Waals surface area contributed by atoms with Crippen LogP contribution in [0.1, 0.15) is 24.9 Å². The molecule has 1 aromatic heterocycles. The van der Waals surface area contributed by atoms with Gasteiger partial charge in [-0.3, -0.25) is 4.79 Å². The summed E-state index contributed by atoms with van der Waals surface area (Å²) < 4.78 is 0. The number of imidazole rings is 1. The number of aromatic nitrogens is 2. The van der Waals surface area contributed by atoms with Crippen LogP contribution >= 0.6 is 0 Å². The smallest absolute Gasteiger partial charge is 0.328 e. The van der Waals surface area contributed by atoms with Crippen molar-refractivity contribution in [2.45, 2.75) is 43.9 Å². The summed E-state index contributed by atoms with van der Waals surface area (Å²) >= 11 is 0. The minimum Gasteiger partial charge on any atom is -0.480 e. The van der Waals surface area contributed by atoms with Crippen molar-refractivity contribution < 1.29 is 25.2 Å². The zero-order chi connectivity index (χ0) is 15.3. The van der Waals surface area contributed by atoms with Crippen LogP contribution in [0.25, 0.3) is 0 Å². The van der Waals surface area contributed by atoms with Crippen molar-refractivity contribution in [1.82, 2.24) is 9.97 Å². The SMILES string of the molecule is CCc1ncc(CCC(O)C(O)C(N)(CO)C(=O)O)[nH]1. The molecule has 7 N–H and O–H groups in total. The van der Waals surface area contributed by atoms with E-state index in [1.807, 2.05) is 6.92 Å². The number of nitrogens with two attached hydrogens (primary N) is 1. The zero-order valence-electron chi connectivity index (χ0n) is 11.3. The molecule has 3 unspecified atom stereocenters. The molecule has 0 radical (unpaired) electrons. The average Bonchev–Trinajstić information content (AvgIpc) is 2.90. The number of hydrogen-bond donors (Lipinski definition) is 6. The summed E-state index contributed by atoms with van der Waals surface area (Å²) in [7, 11) is 0. The first-order valence-corrected chi connectivity index (χ1v) is 6.37. The molecule has 0 aromatic carbocycles. The van der Waals surface area contributed by atoms with Crippen molar-refractivity contribution >= 4 is 5.97 Å². The van der Waals surface area contributed by atoms with Gasteiger partial charge >= 0.3 is 5.97 Å². The van der Waals surface area contributed by atoms with Crippen LogP contribution in [0.2, 0.25) is 0 Å². The molecule has 0 aliphatic carbocycles. The van der Waals surface area contributed by atoms with Crippen molar-refractivity contribution in [3.05, 3.63) is 17.7 Å².